The van der Waals surface area contributed by atoms with Crippen molar-refractivity contribution in [3.05, 3.63) is 53.9 Å². The molecule has 0 aliphatic heterocycles. The molecular formula is C16H13FN4O3. The van der Waals surface area contributed by atoms with Crippen molar-refractivity contribution in [2.75, 3.05) is 12.4 Å². The van der Waals surface area contributed by atoms with E-state index in [2.05, 4.69) is 20.4 Å². The van der Waals surface area contributed by atoms with Crippen LogP contribution in [-0.4, -0.2) is 28.1 Å². The van der Waals surface area contributed by atoms with Crippen molar-refractivity contribution in [3.63, 3.8) is 0 Å². The molecule has 8 heteroatoms. The fraction of sp³-hybridized carbons (Fsp3) is 0.125. The predicted octanol–water partition coefficient (Wildman–Crippen LogP) is 2.84. The van der Waals surface area contributed by atoms with E-state index in [0.717, 1.165) is 0 Å². The van der Waals surface area contributed by atoms with Crippen LogP contribution in [0.2, 0.25) is 0 Å². The Balaban J connectivity index is 1.90. The van der Waals surface area contributed by atoms with Crippen LogP contribution in [0.4, 0.5) is 10.2 Å². The monoisotopic (exact) mass is 328 g/mol. The molecule has 0 bridgehead atoms. The standard InChI is InChI=1S/C16H13FN4O3/c1-9-5-13(21-24-9)16(22)20-15-7-12(18-8-19-15)11-6-10(17)3-4-14(11)23-2/h3-8H,1-2H3,(H,18,19,20,22). The van der Waals surface area contributed by atoms with Crippen LogP contribution in [0.25, 0.3) is 11.3 Å². The molecule has 0 saturated carbocycles. The summed E-state index contributed by atoms with van der Waals surface area (Å²) in [7, 11) is 1.48. The van der Waals surface area contributed by atoms with Gasteiger partial charge in [0.15, 0.2) is 5.69 Å². The lowest BCUT2D eigenvalue weighted by molar-refractivity contribution is 0.101. The van der Waals surface area contributed by atoms with Gasteiger partial charge in [0.05, 0.1) is 12.8 Å². The number of aromatic nitrogens is 3. The third-order valence-corrected chi connectivity index (χ3v) is 3.21. The minimum atomic E-state index is -0.470. The summed E-state index contributed by atoms with van der Waals surface area (Å²) in [5, 5.41) is 6.22. The minimum Gasteiger partial charge on any atom is -0.496 e. The second-order valence-corrected chi connectivity index (χ2v) is 4.91. The number of nitrogens with zero attached hydrogens (tertiary/aromatic N) is 3. The van der Waals surface area contributed by atoms with Crippen LogP contribution in [0, 0.1) is 12.7 Å². The molecular weight excluding hydrogens is 315 g/mol. The van der Waals surface area contributed by atoms with Crippen molar-refractivity contribution in [2.45, 2.75) is 6.92 Å². The number of nitrogens with one attached hydrogen (secondary N) is 1. The van der Waals surface area contributed by atoms with E-state index in [1.807, 2.05) is 0 Å². The Morgan fingerprint density at radius 2 is 2.08 bits per heavy atom. The first-order chi connectivity index (χ1) is 11.6. The molecule has 3 aromatic rings. The molecule has 0 aliphatic carbocycles. The van der Waals surface area contributed by atoms with Gasteiger partial charge in [0.1, 0.15) is 29.5 Å². The second kappa shape index (κ2) is 6.45. The maximum absolute atomic E-state index is 13.5. The Hall–Kier alpha value is -3.29. The summed E-state index contributed by atoms with van der Waals surface area (Å²) in [6.45, 7) is 1.68. The molecule has 1 aromatic carbocycles. The van der Waals surface area contributed by atoms with Crippen LogP contribution < -0.4 is 10.1 Å². The lowest BCUT2D eigenvalue weighted by Crippen LogP contribution is -2.13. The van der Waals surface area contributed by atoms with Crippen molar-refractivity contribution in [3.8, 4) is 17.0 Å². The zero-order valence-corrected chi connectivity index (χ0v) is 12.9. The van der Waals surface area contributed by atoms with Gasteiger partial charge in [-0.2, -0.15) is 0 Å². The smallest absolute Gasteiger partial charge is 0.279 e. The maximum Gasteiger partial charge on any atom is 0.279 e. The predicted molar refractivity (Wildman–Crippen MR) is 83.2 cm³/mol. The van der Waals surface area contributed by atoms with E-state index in [1.54, 1.807) is 6.92 Å². The van der Waals surface area contributed by atoms with Crippen molar-refractivity contribution >= 4 is 11.7 Å². The number of carbonyl (C=O) groups is 1. The Morgan fingerprint density at radius 3 is 2.79 bits per heavy atom. The number of benzene rings is 1. The van der Waals surface area contributed by atoms with Gasteiger partial charge in [-0.15, -0.1) is 0 Å². The summed E-state index contributed by atoms with van der Waals surface area (Å²) in [4.78, 5) is 20.2. The highest BCUT2D eigenvalue weighted by Crippen LogP contribution is 2.29. The van der Waals surface area contributed by atoms with Crippen molar-refractivity contribution in [1.29, 1.82) is 0 Å². The second-order valence-electron chi connectivity index (χ2n) is 4.91. The number of hydrogen-bond donors (Lipinski definition) is 1. The van der Waals surface area contributed by atoms with E-state index in [9.17, 15) is 9.18 Å². The normalized spacial score (nSPS) is 10.5. The fourth-order valence-corrected chi connectivity index (χ4v) is 2.11. The van der Waals surface area contributed by atoms with Gasteiger partial charge in [-0.1, -0.05) is 5.16 Å². The van der Waals surface area contributed by atoms with E-state index in [4.69, 9.17) is 9.26 Å². The number of anilines is 1. The molecule has 2 heterocycles. The van der Waals surface area contributed by atoms with Crippen LogP contribution in [0.1, 0.15) is 16.2 Å². The molecule has 7 nitrogen and oxygen atoms in total. The number of halogens is 1. The zero-order valence-electron chi connectivity index (χ0n) is 12.9. The quantitative estimate of drug-likeness (QED) is 0.792. The van der Waals surface area contributed by atoms with Gasteiger partial charge >= 0.3 is 0 Å². The Morgan fingerprint density at radius 1 is 1.25 bits per heavy atom. The number of hydrogen-bond acceptors (Lipinski definition) is 6. The molecule has 0 fully saturated rings. The number of ether oxygens (including phenoxy) is 1. The molecule has 122 valence electrons. The number of rotatable bonds is 4. The highest BCUT2D eigenvalue weighted by atomic mass is 19.1. The van der Waals surface area contributed by atoms with Crippen LogP contribution in [-0.2, 0) is 0 Å². The highest BCUT2D eigenvalue weighted by molar-refractivity contribution is 6.02. The van der Waals surface area contributed by atoms with Crippen LogP contribution in [0.3, 0.4) is 0 Å². The summed E-state index contributed by atoms with van der Waals surface area (Å²) < 4.78 is 23.6. The molecule has 0 aliphatic rings. The highest BCUT2D eigenvalue weighted by Gasteiger charge is 2.14. The number of aryl methyl sites for hydroxylation is 1. The van der Waals surface area contributed by atoms with E-state index < -0.39 is 11.7 Å². The van der Waals surface area contributed by atoms with Crippen molar-refractivity contribution < 1.29 is 18.4 Å². The van der Waals surface area contributed by atoms with E-state index in [0.29, 0.717) is 22.8 Å². The fourth-order valence-electron chi connectivity index (χ4n) is 2.11. The molecule has 1 amide bonds. The summed E-state index contributed by atoms with van der Waals surface area (Å²) in [5.74, 6) is 0.334. The van der Waals surface area contributed by atoms with Gasteiger partial charge in [0, 0.05) is 17.7 Å². The van der Waals surface area contributed by atoms with Crippen LogP contribution in [0.5, 0.6) is 5.75 Å². The molecule has 0 spiro atoms. The summed E-state index contributed by atoms with van der Waals surface area (Å²) >= 11 is 0. The summed E-state index contributed by atoms with van der Waals surface area (Å²) in [5.41, 5.74) is 0.997. The third-order valence-electron chi connectivity index (χ3n) is 3.21. The lowest BCUT2D eigenvalue weighted by atomic mass is 10.1. The average molecular weight is 328 g/mol. The van der Waals surface area contributed by atoms with Crippen molar-refractivity contribution in [2.24, 2.45) is 0 Å². The molecule has 2 aromatic heterocycles. The maximum atomic E-state index is 13.5. The van der Waals surface area contributed by atoms with Gasteiger partial charge in [0.2, 0.25) is 0 Å². The van der Waals surface area contributed by atoms with Gasteiger partial charge in [0.25, 0.3) is 5.91 Å². The lowest BCUT2D eigenvalue weighted by Gasteiger charge is -2.09. The number of amides is 1. The molecule has 0 atom stereocenters. The SMILES string of the molecule is COc1ccc(F)cc1-c1cc(NC(=O)c2cc(C)on2)ncn1. The molecule has 0 saturated heterocycles. The van der Waals surface area contributed by atoms with Crippen LogP contribution in [0.15, 0.2) is 41.2 Å². The minimum absolute atomic E-state index is 0.135. The first kappa shape index (κ1) is 15.6. The largest absolute Gasteiger partial charge is 0.496 e. The molecule has 24 heavy (non-hydrogen) atoms. The Bertz CT molecular complexity index is 895. The molecule has 0 unspecified atom stereocenters. The average Bonchev–Trinajstić information content (AvgIpc) is 3.02. The number of methoxy groups -OCH3 is 1. The van der Waals surface area contributed by atoms with Gasteiger partial charge < -0.3 is 14.6 Å². The first-order valence-corrected chi connectivity index (χ1v) is 6.97. The zero-order chi connectivity index (χ0) is 17.1. The van der Waals surface area contributed by atoms with Crippen LogP contribution >= 0.6 is 0 Å². The molecule has 0 radical (unpaired) electrons. The van der Waals surface area contributed by atoms with E-state index >= 15 is 0 Å². The summed E-state index contributed by atoms with van der Waals surface area (Å²) in [6, 6.07) is 7.12. The van der Waals surface area contributed by atoms with Gasteiger partial charge in [-0.05, 0) is 25.1 Å². The topological polar surface area (TPSA) is 90.1 Å². The van der Waals surface area contributed by atoms with Gasteiger partial charge in [-0.3, -0.25) is 4.79 Å². The van der Waals surface area contributed by atoms with Gasteiger partial charge in [-0.25, -0.2) is 14.4 Å². The Kier molecular flexibility index (Phi) is 4.19. The molecule has 1 N–H and O–H groups in total. The summed E-state index contributed by atoms with van der Waals surface area (Å²) in [6.07, 6.45) is 1.27. The Labute approximate surface area is 136 Å². The van der Waals surface area contributed by atoms with Crippen molar-refractivity contribution in [1.82, 2.24) is 15.1 Å². The van der Waals surface area contributed by atoms with E-state index in [-0.39, 0.29) is 11.5 Å². The molecule has 3 rings (SSSR count). The first-order valence-electron chi connectivity index (χ1n) is 6.97. The van der Waals surface area contributed by atoms with E-state index in [1.165, 1.54) is 43.8 Å². The third kappa shape index (κ3) is 3.22. The number of carbonyl (C=O) groups excluding carboxylic acids is 1.